The van der Waals surface area contributed by atoms with Crippen LogP contribution in [0, 0.1) is 11.3 Å². The van der Waals surface area contributed by atoms with Crippen LogP contribution in [0.15, 0.2) is 60.7 Å². The molecule has 0 aliphatic carbocycles. The molecule has 2 rings (SSSR count). The summed E-state index contributed by atoms with van der Waals surface area (Å²) in [6.07, 6.45) is 0. The minimum atomic E-state index is 0.910. The van der Waals surface area contributed by atoms with Crippen molar-refractivity contribution in [2.75, 3.05) is 14.2 Å². The van der Waals surface area contributed by atoms with E-state index in [9.17, 15) is 0 Å². The SMILES string of the molecule is CC#N.COc1ccccc1.COc1ccccc1. The highest BCUT2D eigenvalue weighted by atomic mass is 16.5. The quantitative estimate of drug-likeness (QED) is 0.818. The Kier molecular flexibility index (Phi) is 10.4. The molecule has 100 valence electrons. The number of para-hydroxylation sites is 2. The van der Waals surface area contributed by atoms with E-state index in [0.29, 0.717) is 0 Å². The Labute approximate surface area is 115 Å². The van der Waals surface area contributed by atoms with Crippen molar-refractivity contribution < 1.29 is 9.47 Å². The molecule has 0 amide bonds. The summed E-state index contributed by atoms with van der Waals surface area (Å²) in [6, 6.07) is 21.1. The fraction of sp³-hybridized carbons (Fsp3) is 0.188. The average molecular weight is 257 g/mol. The molecule has 2 aromatic carbocycles. The van der Waals surface area contributed by atoms with E-state index in [1.165, 1.54) is 6.92 Å². The molecule has 0 heterocycles. The maximum atomic E-state index is 7.32. The molecular weight excluding hydrogens is 238 g/mol. The Balaban J connectivity index is 0.000000284. The lowest BCUT2D eigenvalue weighted by Gasteiger charge is -1.93. The standard InChI is InChI=1S/2C7H8O.C2H3N/c2*1-8-7-5-3-2-4-6-7;1-2-3/h2*2-6H,1H3;1H3. The second-order valence-electron chi connectivity index (χ2n) is 3.26. The molecule has 0 saturated carbocycles. The van der Waals surface area contributed by atoms with Gasteiger partial charge in [-0.2, -0.15) is 5.26 Å². The van der Waals surface area contributed by atoms with Crippen molar-refractivity contribution in [2.45, 2.75) is 6.92 Å². The van der Waals surface area contributed by atoms with E-state index in [0.717, 1.165) is 11.5 Å². The maximum Gasteiger partial charge on any atom is 0.118 e. The van der Waals surface area contributed by atoms with Crippen LogP contribution in [0.25, 0.3) is 0 Å². The predicted molar refractivity (Wildman–Crippen MR) is 77.3 cm³/mol. The summed E-state index contributed by atoms with van der Waals surface area (Å²) in [7, 11) is 3.32. The molecule has 0 aliphatic heterocycles. The monoisotopic (exact) mass is 257 g/mol. The van der Waals surface area contributed by atoms with Gasteiger partial charge in [-0.15, -0.1) is 0 Å². The summed E-state index contributed by atoms with van der Waals surface area (Å²) in [5.41, 5.74) is 0. The topological polar surface area (TPSA) is 42.2 Å². The number of rotatable bonds is 2. The van der Waals surface area contributed by atoms with E-state index in [4.69, 9.17) is 14.7 Å². The van der Waals surface area contributed by atoms with Crippen LogP contribution in [-0.2, 0) is 0 Å². The second kappa shape index (κ2) is 12.0. The van der Waals surface area contributed by atoms with Gasteiger partial charge in [0.1, 0.15) is 11.5 Å². The molecule has 0 atom stereocenters. The summed E-state index contributed by atoms with van der Waals surface area (Å²) in [5.74, 6) is 1.82. The summed E-state index contributed by atoms with van der Waals surface area (Å²) >= 11 is 0. The fourth-order valence-electron chi connectivity index (χ4n) is 1.11. The van der Waals surface area contributed by atoms with Crippen molar-refractivity contribution in [3.63, 3.8) is 0 Å². The number of benzene rings is 2. The maximum absolute atomic E-state index is 7.32. The van der Waals surface area contributed by atoms with Crippen LogP contribution in [-0.4, -0.2) is 14.2 Å². The van der Waals surface area contributed by atoms with E-state index in [1.54, 1.807) is 20.3 Å². The van der Waals surface area contributed by atoms with E-state index >= 15 is 0 Å². The van der Waals surface area contributed by atoms with Crippen LogP contribution >= 0.6 is 0 Å². The van der Waals surface area contributed by atoms with Gasteiger partial charge in [0.2, 0.25) is 0 Å². The average Bonchev–Trinajstić information content (AvgIpc) is 2.50. The van der Waals surface area contributed by atoms with Gasteiger partial charge in [0.05, 0.1) is 20.3 Å². The van der Waals surface area contributed by atoms with E-state index in [1.807, 2.05) is 60.7 Å². The van der Waals surface area contributed by atoms with Gasteiger partial charge >= 0.3 is 0 Å². The zero-order valence-corrected chi connectivity index (χ0v) is 11.5. The van der Waals surface area contributed by atoms with Crippen LogP contribution in [0.2, 0.25) is 0 Å². The van der Waals surface area contributed by atoms with E-state index in [-0.39, 0.29) is 0 Å². The first-order chi connectivity index (χ1) is 9.28. The molecule has 0 N–H and O–H groups in total. The molecule has 0 bridgehead atoms. The molecule has 3 nitrogen and oxygen atoms in total. The molecule has 0 saturated heterocycles. The van der Waals surface area contributed by atoms with Gasteiger partial charge in [-0.3, -0.25) is 0 Å². The summed E-state index contributed by atoms with van der Waals surface area (Å²) in [5, 5.41) is 7.32. The molecule has 0 fully saturated rings. The van der Waals surface area contributed by atoms with Crippen molar-refractivity contribution in [3.05, 3.63) is 60.7 Å². The normalized spacial score (nSPS) is 7.68. The number of hydrogen-bond donors (Lipinski definition) is 0. The lowest BCUT2D eigenvalue weighted by Crippen LogP contribution is -1.78. The van der Waals surface area contributed by atoms with Gasteiger partial charge in [0, 0.05) is 6.92 Å². The zero-order valence-electron chi connectivity index (χ0n) is 11.5. The van der Waals surface area contributed by atoms with E-state index < -0.39 is 0 Å². The van der Waals surface area contributed by atoms with Crippen molar-refractivity contribution in [1.29, 1.82) is 5.26 Å². The largest absolute Gasteiger partial charge is 0.497 e. The van der Waals surface area contributed by atoms with Gasteiger partial charge < -0.3 is 9.47 Å². The van der Waals surface area contributed by atoms with E-state index in [2.05, 4.69) is 0 Å². The summed E-state index contributed by atoms with van der Waals surface area (Å²) in [6.45, 7) is 1.43. The second-order valence-corrected chi connectivity index (χ2v) is 3.26. The van der Waals surface area contributed by atoms with Gasteiger partial charge in [0.25, 0.3) is 0 Å². The number of ether oxygens (including phenoxy) is 2. The van der Waals surface area contributed by atoms with Gasteiger partial charge in [-0.05, 0) is 24.3 Å². The van der Waals surface area contributed by atoms with Gasteiger partial charge in [-0.25, -0.2) is 0 Å². The van der Waals surface area contributed by atoms with Gasteiger partial charge in [0.15, 0.2) is 0 Å². The molecule has 0 aliphatic rings. The third-order valence-electron chi connectivity index (χ3n) is 1.96. The molecular formula is C16H19NO2. The summed E-state index contributed by atoms with van der Waals surface area (Å²) < 4.78 is 9.83. The molecule has 0 unspecified atom stereocenters. The first kappa shape index (κ1) is 16.5. The number of methoxy groups -OCH3 is 2. The highest BCUT2D eigenvalue weighted by molar-refractivity contribution is 5.21. The zero-order chi connectivity index (χ0) is 14.3. The molecule has 2 aromatic rings. The van der Waals surface area contributed by atoms with Crippen LogP contribution in [0.5, 0.6) is 11.5 Å². The van der Waals surface area contributed by atoms with Crippen molar-refractivity contribution in [2.24, 2.45) is 0 Å². The van der Waals surface area contributed by atoms with Crippen molar-refractivity contribution in [3.8, 4) is 17.6 Å². The third kappa shape index (κ3) is 9.25. The minimum Gasteiger partial charge on any atom is -0.497 e. The van der Waals surface area contributed by atoms with Crippen LogP contribution in [0.3, 0.4) is 0 Å². The summed E-state index contributed by atoms with van der Waals surface area (Å²) in [4.78, 5) is 0. The first-order valence-corrected chi connectivity index (χ1v) is 5.77. The highest BCUT2D eigenvalue weighted by Gasteiger charge is 1.80. The molecule has 0 aromatic heterocycles. The third-order valence-corrected chi connectivity index (χ3v) is 1.96. The lowest BCUT2D eigenvalue weighted by molar-refractivity contribution is 0.414. The minimum absolute atomic E-state index is 0.910. The Morgan fingerprint density at radius 2 is 1.00 bits per heavy atom. The molecule has 0 radical (unpaired) electrons. The van der Waals surface area contributed by atoms with Crippen molar-refractivity contribution >= 4 is 0 Å². The fourth-order valence-corrected chi connectivity index (χ4v) is 1.11. The van der Waals surface area contributed by atoms with Gasteiger partial charge in [-0.1, -0.05) is 36.4 Å². The molecule has 19 heavy (non-hydrogen) atoms. The number of nitriles is 1. The Bertz CT molecular complexity index is 410. The Morgan fingerprint density at radius 1 is 0.737 bits per heavy atom. The van der Waals surface area contributed by atoms with Crippen LogP contribution in [0.4, 0.5) is 0 Å². The molecule has 3 heteroatoms. The Morgan fingerprint density at radius 3 is 1.16 bits per heavy atom. The van der Waals surface area contributed by atoms with Crippen LogP contribution < -0.4 is 9.47 Å². The lowest BCUT2D eigenvalue weighted by atomic mass is 10.3. The molecule has 0 spiro atoms. The predicted octanol–water partition coefficient (Wildman–Crippen LogP) is 3.92. The smallest absolute Gasteiger partial charge is 0.118 e. The van der Waals surface area contributed by atoms with Crippen molar-refractivity contribution in [1.82, 2.24) is 0 Å². The number of nitrogens with zero attached hydrogens (tertiary/aromatic N) is 1. The first-order valence-electron chi connectivity index (χ1n) is 5.77. The highest BCUT2D eigenvalue weighted by Crippen LogP contribution is 2.06. The Hall–Kier alpha value is -2.47. The van der Waals surface area contributed by atoms with Crippen LogP contribution in [0.1, 0.15) is 6.92 Å². The number of hydrogen-bond acceptors (Lipinski definition) is 3.